The van der Waals surface area contributed by atoms with Gasteiger partial charge in [0.25, 0.3) is 0 Å². The summed E-state index contributed by atoms with van der Waals surface area (Å²) in [6.45, 7) is 6.81. The van der Waals surface area contributed by atoms with Crippen molar-refractivity contribution in [3.63, 3.8) is 0 Å². The van der Waals surface area contributed by atoms with E-state index < -0.39 is 23.6 Å². The Bertz CT molecular complexity index is 570. The van der Waals surface area contributed by atoms with Gasteiger partial charge in [0.15, 0.2) is 0 Å². The molecule has 0 saturated heterocycles. The summed E-state index contributed by atoms with van der Waals surface area (Å²) >= 11 is 0. The summed E-state index contributed by atoms with van der Waals surface area (Å²) in [5.74, 6) is -0.511. The molecule has 1 rings (SSSR count). The maximum absolute atomic E-state index is 11.8. The normalized spacial score (nSPS) is 12.0. The van der Waals surface area contributed by atoms with Gasteiger partial charge in [0.05, 0.1) is 11.6 Å². The molecule has 0 saturated carbocycles. The van der Waals surface area contributed by atoms with E-state index in [0.29, 0.717) is 11.3 Å². The first-order valence-electron chi connectivity index (χ1n) is 6.52. The Morgan fingerprint density at radius 2 is 2.00 bits per heavy atom. The third-order valence-corrected chi connectivity index (χ3v) is 2.36. The van der Waals surface area contributed by atoms with Crippen molar-refractivity contribution in [1.29, 1.82) is 5.26 Å². The molecular formula is C15H19N3O3. The Balaban J connectivity index is 2.57. The van der Waals surface area contributed by atoms with Gasteiger partial charge in [-0.1, -0.05) is 6.07 Å². The molecule has 112 valence electrons. The predicted octanol–water partition coefficient (Wildman–Crippen LogP) is 2.41. The second-order valence-corrected chi connectivity index (χ2v) is 5.55. The van der Waals surface area contributed by atoms with Crippen LogP contribution in [0.4, 0.5) is 10.5 Å². The molecule has 2 amide bonds. The van der Waals surface area contributed by atoms with Crippen LogP contribution in [0.5, 0.6) is 0 Å². The monoisotopic (exact) mass is 289 g/mol. The van der Waals surface area contributed by atoms with Crippen molar-refractivity contribution in [2.45, 2.75) is 39.3 Å². The Kier molecular flexibility index (Phi) is 5.30. The van der Waals surface area contributed by atoms with Gasteiger partial charge >= 0.3 is 12.0 Å². The molecular weight excluding hydrogens is 270 g/mol. The van der Waals surface area contributed by atoms with Gasteiger partial charge in [0.1, 0.15) is 11.6 Å². The van der Waals surface area contributed by atoms with Gasteiger partial charge in [0, 0.05) is 5.69 Å². The highest BCUT2D eigenvalue weighted by Crippen LogP contribution is 2.10. The first kappa shape index (κ1) is 16.5. The number of nitriles is 1. The number of nitrogens with zero attached hydrogens (tertiary/aromatic N) is 1. The van der Waals surface area contributed by atoms with Gasteiger partial charge in [-0.3, -0.25) is 0 Å². The average Bonchev–Trinajstić information content (AvgIpc) is 2.36. The van der Waals surface area contributed by atoms with Crippen LogP contribution in [-0.2, 0) is 9.53 Å². The minimum atomic E-state index is -0.775. The van der Waals surface area contributed by atoms with Crippen LogP contribution in [0.15, 0.2) is 24.3 Å². The van der Waals surface area contributed by atoms with Gasteiger partial charge in [0.2, 0.25) is 0 Å². The molecule has 0 radical (unpaired) electrons. The second kappa shape index (κ2) is 6.75. The quantitative estimate of drug-likeness (QED) is 0.836. The van der Waals surface area contributed by atoms with Crippen molar-refractivity contribution in [3.8, 4) is 6.07 Å². The molecule has 0 aliphatic rings. The number of hydrogen-bond acceptors (Lipinski definition) is 4. The van der Waals surface area contributed by atoms with Gasteiger partial charge in [-0.05, 0) is 45.9 Å². The third-order valence-electron chi connectivity index (χ3n) is 2.36. The van der Waals surface area contributed by atoms with Gasteiger partial charge in [-0.15, -0.1) is 0 Å². The molecule has 6 heteroatoms. The number of carbonyl (C=O) groups is 2. The van der Waals surface area contributed by atoms with Crippen LogP contribution in [0.2, 0.25) is 0 Å². The molecule has 21 heavy (non-hydrogen) atoms. The molecule has 0 aliphatic carbocycles. The van der Waals surface area contributed by atoms with E-state index >= 15 is 0 Å². The third kappa shape index (κ3) is 5.95. The SMILES string of the molecule is C[C@@H](NC(=O)Nc1cccc(C#N)c1)C(=O)OC(C)(C)C. The summed E-state index contributed by atoms with van der Waals surface area (Å²) in [4.78, 5) is 23.5. The highest BCUT2D eigenvalue weighted by Gasteiger charge is 2.22. The maximum atomic E-state index is 11.8. The summed E-state index contributed by atoms with van der Waals surface area (Å²) in [6.07, 6.45) is 0. The number of benzene rings is 1. The van der Waals surface area contributed by atoms with Crippen LogP contribution in [0.1, 0.15) is 33.3 Å². The van der Waals surface area contributed by atoms with Crippen molar-refractivity contribution < 1.29 is 14.3 Å². The van der Waals surface area contributed by atoms with Crippen molar-refractivity contribution in [2.24, 2.45) is 0 Å². The molecule has 0 aromatic heterocycles. The number of anilines is 1. The Morgan fingerprint density at radius 3 is 2.57 bits per heavy atom. The Morgan fingerprint density at radius 1 is 1.33 bits per heavy atom. The fraction of sp³-hybridized carbons (Fsp3) is 0.400. The summed E-state index contributed by atoms with van der Waals surface area (Å²) in [7, 11) is 0. The smallest absolute Gasteiger partial charge is 0.328 e. The minimum absolute atomic E-state index is 0.438. The summed E-state index contributed by atoms with van der Waals surface area (Å²) in [5.41, 5.74) is 0.306. The second-order valence-electron chi connectivity index (χ2n) is 5.55. The molecule has 1 aromatic carbocycles. The first-order valence-corrected chi connectivity index (χ1v) is 6.52. The van der Waals surface area contributed by atoms with Crippen LogP contribution in [-0.4, -0.2) is 23.6 Å². The molecule has 6 nitrogen and oxygen atoms in total. The molecule has 0 unspecified atom stereocenters. The highest BCUT2D eigenvalue weighted by molar-refractivity contribution is 5.92. The number of ether oxygens (including phenoxy) is 1. The van der Waals surface area contributed by atoms with E-state index in [4.69, 9.17) is 10.00 Å². The molecule has 0 spiro atoms. The lowest BCUT2D eigenvalue weighted by Gasteiger charge is -2.22. The van der Waals surface area contributed by atoms with E-state index in [1.54, 1.807) is 45.9 Å². The number of esters is 1. The van der Waals surface area contributed by atoms with E-state index in [2.05, 4.69) is 10.6 Å². The summed E-state index contributed by atoms with van der Waals surface area (Å²) in [5, 5.41) is 13.8. The van der Waals surface area contributed by atoms with Gasteiger partial charge in [-0.2, -0.15) is 5.26 Å². The lowest BCUT2D eigenvalue weighted by Crippen LogP contribution is -2.43. The molecule has 0 bridgehead atoms. The van der Waals surface area contributed by atoms with Crippen molar-refractivity contribution >= 4 is 17.7 Å². The number of hydrogen-bond donors (Lipinski definition) is 2. The standard InChI is InChI=1S/C15H19N3O3/c1-10(13(19)21-15(2,3)4)17-14(20)18-12-7-5-6-11(8-12)9-16/h5-8,10H,1-4H3,(H2,17,18,20)/t10-/m1/s1. The van der Waals surface area contributed by atoms with E-state index in [1.165, 1.54) is 6.07 Å². The van der Waals surface area contributed by atoms with E-state index in [0.717, 1.165) is 0 Å². The van der Waals surface area contributed by atoms with Crippen LogP contribution < -0.4 is 10.6 Å². The van der Waals surface area contributed by atoms with Crippen molar-refractivity contribution in [3.05, 3.63) is 29.8 Å². The number of amides is 2. The number of urea groups is 1. The zero-order chi connectivity index (χ0) is 16.0. The van der Waals surface area contributed by atoms with E-state index in [9.17, 15) is 9.59 Å². The van der Waals surface area contributed by atoms with Crippen LogP contribution in [0.25, 0.3) is 0 Å². The van der Waals surface area contributed by atoms with Gasteiger partial charge in [-0.25, -0.2) is 9.59 Å². The van der Waals surface area contributed by atoms with Crippen molar-refractivity contribution in [2.75, 3.05) is 5.32 Å². The van der Waals surface area contributed by atoms with E-state index in [-0.39, 0.29) is 0 Å². The zero-order valence-corrected chi connectivity index (χ0v) is 12.6. The maximum Gasteiger partial charge on any atom is 0.328 e. The number of carbonyl (C=O) groups excluding carboxylic acids is 2. The predicted molar refractivity (Wildman–Crippen MR) is 78.6 cm³/mol. The molecule has 1 aromatic rings. The summed E-state index contributed by atoms with van der Waals surface area (Å²) in [6, 6.07) is 7.15. The van der Waals surface area contributed by atoms with Gasteiger partial charge < -0.3 is 15.4 Å². The van der Waals surface area contributed by atoms with E-state index in [1.807, 2.05) is 6.07 Å². The zero-order valence-electron chi connectivity index (χ0n) is 12.6. The highest BCUT2D eigenvalue weighted by atomic mass is 16.6. The molecule has 2 N–H and O–H groups in total. The average molecular weight is 289 g/mol. The van der Waals surface area contributed by atoms with Crippen LogP contribution in [0.3, 0.4) is 0 Å². The lowest BCUT2D eigenvalue weighted by molar-refractivity contribution is -0.156. The molecule has 0 fully saturated rings. The minimum Gasteiger partial charge on any atom is -0.458 e. The first-order chi connectivity index (χ1) is 9.71. The molecule has 0 heterocycles. The fourth-order valence-corrected chi connectivity index (χ4v) is 1.48. The van der Waals surface area contributed by atoms with Crippen molar-refractivity contribution in [1.82, 2.24) is 5.32 Å². The largest absolute Gasteiger partial charge is 0.458 e. The van der Waals surface area contributed by atoms with Crippen LogP contribution in [0, 0.1) is 11.3 Å². The topological polar surface area (TPSA) is 91.2 Å². The van der Waals surface area contributed by atoms with Crippen LogP contribution >= 0.6 is 0 Å². The fourth-order valence-electron chi connectivity index (χ4n) is 1.48. The molecule has 1 atom stereocenters. The lowest BCUT2D eigenvalue weighted by atomic mass is 10.2. The summed E-state index contributed by atoms with van der Waals surface area (Å²) < 4.78 is 5.16. The molecule has 0 aliphatic heterocycles. The Hall–Kier alpha value is -2.55. The number of nitrogens with one attached hydrogen (secondary N) is 2. The Labute approximate surface area is 124 Å². The number of rotatable bonds is 3.